The minimum Gasteiger partial charge on any atom is -0.459 e. The molecule has 75 heavy (non-hydrogen) atoms. The lowest BCUT2D eigenvalue weighted by molar-refractivity contribution is -0.318. The number of unbranched alkanes of at least 4 members (excludes halogenated alkanes) is 1. The summed E-state index contributed by atoms with van der Waals surface area (Å²) >= 11 is 0. The minimum absolute atomic E-state index is 0.105. The van der Waals surface area contributed by atoms with Gasteiger partial charge in [0.1, 0.15) is 30.0 Å². The van der Waals surface area contributed by atoms with Gasteiger partial charge in [-0.2, -0.15) is 0 Å². The van der Waals surface area contributed by atoms with E-state index in [1.807, 2.05) is 69.0 Å². The van der Waals surface area contributed by atoms with Crippen molar-refractivity contribution < 1.29 is 58.7 Å². The number of aryl methyl sites for hydroxylation is 2. The van der Waals surface area contributed by atoms with Crippen molar-refractivity contribution in [2.24, 2.45) is 23.5 Å². The van der Waals surface area contributed by atoms with Crippen molar-refractivity contribution in [3.05, 3.63) is 53.6 Å². The third kappa shape index (κ3) is 14.8. The number of rotatable bonds is 17. The van der Waals surface area contributed by atoms with Crippen LogP contribution in [0, 0.1) is 17.8 Å². The average molecular weight is 1060 g/mol. The van der Waals surface area contributed by atoms with Gasteiger partial charge in [0.2, 0.25) is 0 Å². The highest BCUT2D eigenvalue weighted by molar-refractivity contribution is 5.73. The maximum atomic E-state index is 14.5. The first-order chi connectivity index (χ1) is 35.3. The van der Waals surface area contributed by atoms with Crippen LogP contribution < -0.4 is 5.73 Å². The van der Waals surface area contributed by atoms with Crippen LogP contribution >= 0.6 is 0 Å². The summed E-state index contributed by atoms with van der Waals surface area (Å²) in [4.78, 5) is 18.5. The van der Waals surface area contributed by atoms with Crippen LogP contribution in [-0.2, 0) is 59.1 Å². The molecule has 5 heterocycles. The Morgan fingerprint density at radius 2 is 1.59 bits per heavy atom. The Bertz CT molecular complexity index is 2230. The maximum Gasteiger partial charge on any atom is 0.311 e. The van der Waals surface area contributed by atoms with Crippen LogP contribution in [0.2, 0.25) is 0 Å². The van der Waals surface area contributed by atoms with E-state index >= 15 is 0 Å². The lowest BCUT2D eigenvalue weighted by Gasteiger charge is -2.49. The summed E-state index contributed by atoms with van der Waals surface area (Å²) in [6.45, 7) is 19.7. The summed E-state index contributed by atoms with van der Waals surface area (Å²) in [6.07, 6.45) is -1.73. The Kier molecular flexibility index (Phi) is 21.0. The molecule has 2 aromatic heterocycles. The van der Waals surface area contributed by atoms with Crippen molar-refractivity contribution in [3.63, 3.8) is 0 Å². The number of aliphatic hydroxyl groups is 5. The Morgan fingerprint density at radius 1 is 0.893 bits per heavy atom. The largest absolute Gasteiger partial charge is 0.459 e. The zero-order chi connectivity index (χ0) is 55.2. The fourth-order valence-electron chi connectivity index (χ4n) is 11.6. The topological polar surface area (TPSA) is 268 Å². The van der Waals surface area contributed by atoms with Gasteiger partial charge in [-0.1, -0.05) is 43.3 Å². The first-order valence-electron chi connectivity index (χ1n) is 27.2. The predicted molar refractivity (Wildman–Crippen MR) is 279 cm³/mol. The van der Waals surface area contributed by atoms with Crippen LogP contribution in [-0.4, -0.2) is 196 Å². The van der Waals surface area contributed by atoms with Gasteiger partial charge in [0.05, 0.1) is 64.8 Å². The van der Waals surface area contributed by atoms with E-state index in [2.05, 4.69) is 37.7 Å². The fourth-order valence-corrected chi connectivity index (χ4v) is 11.6. The van der Waals surface area contributed by atoms with E-state index in [9.17, 15) is 30.3 Å². The lowest BCUT2D eigenvalue weighted by atomic mass is 9.77. The third-order valence-corrected chi connectivity index (χ3v) is 16.5. The van der Waals surface area contributed by atoms with Crippen LogP contribution in [0.5, 0.6) is 0 Å². The predicted octanol–water partition coefficient (Wildman–Crippen LogP) is 3.17. The molecule has 3 saturated heterocycles. The van der Waals surface area contributed by atoms with Crippen molar-refractivity contribution in [2.45, 2.75) is 224 Å². The third-order valence-electron chi connectivity index (χ3n) is 16.5. The van der Waals surface area contributed by atoms with E-state index in [1.165, 1.54) is 19.6 Å². The summed E-state index contributed by atoms with van der Waals surface area (Å²) in [5.74, 6) is -2.76. The smallest absolute Gasteiger partial charge is 0.311 e. The molecule has 0 aliphatic carbocycles. The summed E-state index contributed by atoms with van der Waals surface area (Å²) in [5, 5.41) is 76.9. The Labute approximate surface area is 444 Å². The van der Waals surface area contributed by atoms with Crippen LogP contribution in [0.3, 0.4) is 0 Å². The molecule has 0 radical (unpaired) electrons. The van der Waals surface area contributed by atoms with Crippen molar-refractivity contribution in [3.8, 4) is 5.69 Å². The van der Waals surface area contributed by atoms with Gasteiger partial charge in [0, 0.05) is 70.3 Å². The molecule has 3 aromatic rings. The van der Waals surface area contributed by atoms with Gasteiger partial charge >= 0.3 is 5.97 Å². The Morgan fingerprint density at radius 3 is 2.24 bits per heavy atom. The average Bonchev–Trinajstić information content (AvgIpc) is 4.06. The molecule has 3 fully saturated rings. The molecular weight excluding hydrogens is 967 g/mol. The van der Waals surface area contributed by atoms with Gasteiger partial charge in [-0.25, -0.2) is 4.68 Å². The minimum atomic E-state index is -1.83. The molecule has 0 spiro atoms. The normalized spacial score (nSPS) is 38.0. The molecule has 21 nitrogen and oxygen atoms in total. The lowest BCUT2D eigenvalue weighted by Crippen LogP contribution is -2.61. The summed E-state index contributed by atoms with van der Waals surface area (Å²) < 4.78 is 42.0. The first kappa shape index (κ1) is 60.7. The quantitative estimate of drug-likeness (QED) is 0.0837. The number of benzene rings is 1. The number of nitrogens with zero attached hydrogens (tertiary/aromatic N) is 8. The van der Waals surface area contributed by atoms with Crippen LogP contribution in [0.25, 0.3) is 5.69 Å². The van der Waals surface area contributed by atoms with Gasteiger partial charge in [0.25, 0.3) is 0 Å². The zero-order valence-corrected chi connectivity index (χ0v) is 46.9. The molecule has 3 aliphatic rings. The second-order valence-corrected chi connectivity index (χ2v) is 22.9. The van der Waals surface area contributed by atoms with Gasteiger partial charge < -0.3 is 69.5 Å². The molecule has 1 aromatic carbocycles. The van der Waals surface area contributed by atoms with Crippen molar-refractivity contribution in [1.82, 2.24) is 39.8 Å². The standard InChI is InChI=1S/C54H91N9O12/c1-14-43-54(10,69)47(65)36(6)61(12)29-32(2)26-52(8,68)49(34(4)46(35(5)50(67)73-43)74-44-27-53(9,70-13)48(66)37(7)72-44)75-51-45(64)42(25-33(3)71-51)60(11)24-22-39-30-62(58-56-39)23-16-15-17-38-18-20-41(21-19-38)63-31-40(28-55)57-59-63/h18-21,30-37,42-49,51,64-66,68-69H,14-17,22-29,55H2,1-13H3/t32-,33-,34+,35-,36-,37+,42+,43-,44+,45-,46+,47-,48+,49-,51+,52-,53-,54-/m1/s1. The number of ether oxygens (including phenoxy) is 6. The van der Waals surface area contributed by atoms with Crippen molar-refractivity contribution in [2.75, 3.05) is 34.3 Å². The molecule has 21 heteroatoms. The molecule has 0 unspecified atom stereocenters. The SMILES string of the molecule is CC[C@H]1OC(=O)[C@H](C)[C@@H](O[C@H]2C[C@@](C)(OC)[C@@H](O)[C@H](C)O2)[C@H](C)[C@@H](O[C@@H]2O[C@H](C)C[C@H](N(C)CCc3cn(CCCCc4ccc(-n5cc(CN)nn5)cc4)nn3)[C@H]2O)[C@](C)(O)C[C@@H](C)CN(C)[C@H](C)[C@@H](O)[C@]1(C)O. The number of esters is 1. The second kappa shape index (κ2) is 25.9. The Balaban J connectivity index is 1.17. The van der Waals surface area contributed by atoms with E-state index in [0.29, 0.717) is 32.5 Å². The number of hydrogen-bond acceptors (Lipinski definition) is 19. The number of nitrogens with two attached hydrogens (primary N) is 1. The van der Waals surface area contributed by atoms with Crippen LogP contribution in [0.1, 0.15) is 125 Å². The highest BCUT2D eigenvalue weighted by Crippen LogP contribution is 2.40. The van der Waals surface area contributed by atoms with Gasteiger partial charge in [-0.3, -0.25) is 9.48 Å². The van der Waals surface area contributed by atoms with Crippen molar-refractivity contribution in [1.29, 1.82) is 0 Å². The van der Waals surface area contributed by atoms with E-state index in [-0.39, 0.29) is 31.3 Å². The first-order valence-corrected chi connectivity index (χ1v) is 27.2. The molecule has 0 saturated carbocycles. The molecule has 424 valence electrons. The molecule has 3 aliphatic heterocycles. The molecular formula is C54H91N9O12. The number of cyclic esters (lactones) is 1. The van der Waals surface area contributed by atoms with E-state index in [4.69, 9.17) is 34.2 Å². The number of aromatic nitrogens is 6. The second-order valence-electron chi connectivity index (χ2n) is 22.9. The number of methoxy groups -OCH3 is 1. The number of carbonyl (C=O) groups is 1. The molecule has 6 rings (SSSR count). The van der Waals surface area contributed by atoms with E-state index in [1.54, 1.807) is 46.2 Å². The highest BCUT2D eigenvalue weighted by atomic mass is 16.7. The van der Waals surface area contributed by atoms with E-state index in [0.717, 1.165) is 42.9 Å². The highest BCUT2D eigenvalue weighted by Gasteiger charge is 2.53. The van der Waals surface area contributed by atoms with E-state index < -0.39 is 102 Å². The van der Waals surface area contributed by atoms with Crippen molar-refractivity contribution >= 4 is 5.97 Å². The molecule has 0 bridgehead atoms. The monoisotopic (exact) mass is 1060 g/mol. The Hall–Kier alpha value is -3.55. The maximum absolute atomic E-state index is 14.5. The fraction of sp³-hybridized carbons (Fsp3) is 0.796. The van der Waals surface area contributed by atoms with Gasteiger partial charge in [-0.15, -0.1) is 10.2 Å². The van der Waals surface area contributed by atoms with Gasteiger partial charge in [0.15, 0.2) is 12.6 Å². The number of likely N-dealkylation sites (N-methyl/N-ethyl adjacent to an activating group) is 2. The molecule has 0 amide bonds. The summed E-state index contributed by atoms with van der Waals surface area (Å²) in [5.41, 5.74) is 4.90. The molecule has 18 atom stereocenters. The number of hydrogen-bond donors (Lipinski definition) is 6. The summed E-state index contributed by atoms with van der Waals surface area (Å²) in [6, 6.07) is 7.31. The number of aliphatic hydroxyl groups excluding tert-OH is 3. The van der Waals surface area contributed by atoms with Crippen LogP contribution in [0.4, 0.5) is 0 Å². The van der Waals surface area contributed by atoms with Gasteiger partial charge in [-0.05, 0) is 125 Å². The molecule has 7 N–H and O–H groups in total. The number of carbonyl (C=O) groups excluding carboxylic acids is 1. The zero-order valence-electron chi connectivity index (χ0n) is 46.9. The summed E-state index contributed by atoms with van der Waals surface area (Å²) in [7, 11) is 5.31. The van der Waals surface area contributed by atoms with Crippen LogP contribution in [0.15, 0.2) is 36.7 Å².